The van der Waals surface area contributed by atoms with Crippen LogP contribution in [-0.2, 0) is 31.0 Å². The Kier molecular flexibility index (Phi) is 7.85. The molecular formula is C23H25ClN2O2. The normalized spacial score (nSPS) is 10.8. The third-order valence-electron chi connectivity index (χ3n) is 4.35. The van der Waals surface area contributed by atoms with Crippen LogP contribution in [0.3, 0.4) is 0 Å². The van der Waals surface area contributed by atoms with Gasteiger partial charge in [-0.2, -0.15) is 0 Å². The first kappa shape index (κ1) is 20.3. The Balaban J connectivity index is 1.62. The zero-order valence-electron chi connectivity index (χ0n) is 16.0. The second-order valence-corrected chi connectivity index (χ2v) is 6.85. The summed E-state index contributed by atoms with van der Waals surface area (Å²) in [5, 5.41) is 4.19. The maximum absolute atomic E-state index is 6.20. The van der Waals surface area contributed by atoms with Crippen molar-refractivity contribution in [3.05, 3.63) is 94.3 Å². The number of rotatable bonds is 10. The van der Waals surface area contributed by atoms with Gasteiger partial charge in [0.15, 0.2) is 0 Å². The predicted molar refractivity (Wildman–Crippen MR) is 112 cm³/mol. The molecular weight excluding hydrogens is 372 g/mol. The van der Waals surface area contributed by atoms with Gasteiger partial charge in [-0.1, -0.05) is 41.9 Å². The van der Waals surface area contributed by atoms with Crippen LogP contribution >= 0.6 is 11.6 Å². The summed E-state index contributed by atoms with van der Waals surface area (Å²) < 4.78 is 11.6. The number of ether oxygens (including phenoxy) is 2. The SMILES string of the molecule is CCOCc1ccccc1CNCc1cc(Cl)ccc1OCc1cccnc1. The molecule has 4 nitrogen and oxygen atoms in total. The quantitative estimate of drug-likeness (QED) is 0.515. The molecule has 2 aromatic carbocycles. The van der Waals surface area contributed by atoms with E-state index in [0.717, 1.165) is 23.4 Å². The van der Waals surface area contributed by atoms with Gasteiger partial charge < -0.3 is 14.8 Å². The Morgan fingerprint density at radius 1 is 0.929 bits per heavy atom. The van der Waals surface area contributed by atoms with Gasteiger partial charge in [0.2, 0.25) is 0 Å². The van der Waals surface area contributed by atoms with Crippen LogP contribution in [0.2, 0.25) is 5.02 Å². The molecule has 0 unspecified atom stereocenters. The van der Waals surface area contributed by atoms with Gasteiger partial charge in [-0.3, -0.25) is 4.98 Å². The first-order chi connectivity index (χ1) is 13.8. The molecule has 0 aliphatic carbocycles. The third-order valence-corrected chi connectivity index (χ3v) is 4.59. The van der Waals surface area contributed by atoms with Crippen molar-refractivity contribution >= 4 is 11.6 Å². The maximum Gasteiger partial charge on any atom is 0.124 e. The number of hydrogen-bond donors (Lipinski definition) is 1. The van der Waals surface area contributed by atoms with E-state index in [-0.39, 0.29) is 0 Å². The first-order valence-electron chi connectivity index (χ1n) is 9.41. The van der Waals surface area contributed by atoms with Crippen molar-refractivity contribution in [3.63, 3.8) is 0 Å². The van der Waals surface area contributed by atoms with Crippen molar-refractivity contribution in [3.8, 4) is 5.75 Å². The molecule has 1 heterocycles. The number of pyridine rings is 1. The topological polar surface area (TPSA) is 43.4 Å². The van der Waals surface area contributed by atoms with E-state index in [4.69, 9.17) is 21.1 Å². The van der Waals surface area contributed by atoms with E-state index in [1.54, 1.807) is 6.20 Å². The zero-order valence-corrected chi connectivity index (χ0v) is 16.8. The van der Waals surface area contributed by atoms with Gasteiger partial charge in [-0.25, -0.2) is 0 Å². The van der Waals surface area contributed by atoms with Crippen LogP contribution in [-0.4, -0.2) is 11.6 Å². The molecule has 0 saturated heterocycles. The zero-order chi connectivity index (χ0) is 19.6. The lowest BCUT2D eigenvalue weighted by atomic mass is 10.1. The van der Waals surface area contributed by atoms with Crippen molar-refractivity contribution in [2.75, 3.05) is 6.61 Å². The van der Waals surface area contributed by atoms with Gasteiger partial charge in [0.05, 0.1) is 6.61 Å². The molecule has 146 valence electrons. The standard InChI is InChI=1S/C23H25ClN2O2/c1-2-27-17-20-8-4-3-7-19(20)14-26-15-21-12-22(24)9-10-23(21)28-16-18-6-5-11-25-13-18/h3-13,26H,2,14-17H2,1H3. The lowest BCUT2D eigenvalue weighted by molar-refractivity contribution is 0.133. The van der Waals surface area contributed by atoms with Crippen LogP contribution < -0.4 is 10.1 Å². The molecule has 1 N–H and O–H groups in total. The van der Waals surface area contributed by atoms with Crippen molar-refractivity contribution in [1.82, 2.24) is 10.3 Å². The number of nitrogens with one attached hydrogen (secondary N) is 1. The summed E-state index contributed by atoms with van der Waals surface area (Å²) in [5.74, 6) is 0.823. The average molecular weight is 397 g/mol. The predicted octanol–water partition coefficient (Wildman–Crippen LogP) is 5.14. The van der Waals surface area contributed by atoms with E-state index < -0.39 is 0 Å². The van der Waals surface area contributed by atoms with Crippen LogP contribution in [0.25, 0.3) is 0 Å². The Hall–Kier alpha value is -2.40. The summed E-state index contributed by atoms with van der Waals surface area (Å²) in [4.78, 5) is 4.12. The minimum absolute atomic E-state index is 0.472. The maximum atomic E-state index is 6.20. The molecule has 0 atom stereocenters. The van der Waals surface area contributed by atoms with Gasteiger partial charge >= 0.3 is 0 Å². The molecule has 0 saturated carbocycles. The molecule has 1 aromatic heterocycles. The molecule has 0 fully saturated rings. The van der Waals surface area contributed by atoms with Crippen LogP contribution in [0.5, 0.6) is 5.75 Å². The number of halogens is 1. The Labute approximate surface area is 171 Å². The van der Waals surface area contributed by atoms with E-state index in [1.165, 1.54) is 11.1 Å². The lowest BCUT2D eigenvalue weighted by Gasteiger charge is -2.14. The van der Waals surface area contributed by atoms with E-state index in [9.17, 15) is 0 Å². The second-order valence-electron chi connectivity index (χ2n) is 6.41. The highest BCUT2D eigenvalue weighted by atomic mass is 35.5. The fourth-order valence-corrected chi connectivity index (χ4v) is 3.08. The van der Waals surface area contributed by atoms with Gasteiger partial charge in [0, 0.05) is 48.2 Å². The van der Waals surface area contributed by atoms with Crippen molar-refractivity contribution in [1.29, 1.82) is 0 Å². The summed E-state index contributed by atoms with van der Waals surface area (Å²) in [5.41, 5.74) is 4.49. The van der Waals surface area contributed by atoms with Crippen molar-refractivity contribution < 1.29 is 9.47 Å². The molecule has 0 radical (unpaired) electrons. The highest BCUT2D eigenvalue weighted by Crippen LogP contribution is 2.24. The summed E-state index contributed by atoms with van der Waals surface area (Å²) in [7, 11) is 0. The average Bonchev–Trinajstić information content (AvgIpc) is 2.73. The van der Waals surface area contributed by atoms with Crippen molar-refractivity contribution in [2.45, 2.75) is 33.2 Å². The number of hydrogen-bond acceptors (Lipinski definition) is 4. The fourth-order valence-electron chi connectivity index (χ4n) is 2.89. The van der Waals surface area contributed by atoms with E-state index in [2.05, 4.69) is 22.4 Å². The lowest BCUT2D eigenvalue weighted by Crippen LogP contribution is -2.15. The molecule has 0 spiro atoms. The molecule has 0 aliphatic rings. The van der Waals surface area contributed by atoms with E-state index in [1.807, 2.05) is 55.6 Å². The van der Waals surface area contributed by atoms with E-state index >= 15 is 0 Å². The van der Waals surface area contributed by atoms with Gasteiger partial charge in [-0.15, -0.1) is 0 Å². The number of nitrogens with zero attached hydrogens (tertiary/aromatic N) is 1. The first-order valence-corrected chi connectivity index (χ1v) is 9.79. The van der Waals surface area contributed by atoms with Crippen molar-refractivity contribution in [2.24, 2.45) is 0 Å². The van der Waals surface area contributed by atoms with Gasteiger partial charge in [0.1, 0.15) is 12.4 Å². The largest absolute Gasteiger partial charge is 0.489 e. The molecule has 5 heteroatoms. The number of benzene rings is 2. The third kappa shape index (κ3) is 6.06. The summed E-state index contributed by atoms with van der Waals surface area (Å²) in [6.07, 6.45) is 3.56. The van der Waals surface area contributed by atoms with Crippen LogP contribution in [0.15, 0.2) is 67.0 Å². The van der Waals surface area contributed by atoms with Crippen LogP contribution in [0.4, 0.5) is 0 Å². The molecule has 3 aromatic rings. The fraction of sp³-hybridized carbons (Fsp3) is 0.261. The minimum atomic E-state index is 0.472. The molecule has 0 aliphatic heterocycles. The summed E-state index contributed by atoms with van der Waals surface area (Å²) >= 11 is 6.20. The second kappa shape index (κ2) is 10.8. The summed E-state index contributed by atoms with van der Waals surface area (Å²) in [6.45, 7) is 5.23. The molecule has 28 heavy (non-hydrogen) atoms. The van der Waals surface area contributed by atoms with Gasteiger partial charge in [0.25, 0.3) is 0 Å². The monoisotopic (exact) mass is 396 g/mol. The van der Waals surface area contributed by atoms with Crippen LogP contribution in [0, 0.1) is 0 Å². The van der Waals surface area contributed by atoms with Gasteiger partial charge in [-0.05, 0) is 42.3 Å². The van der Waals surface area contributed by atoms with E-state index in [0.29, 0.717) is 31.4 Å². The molecule has 0 bridgehead atoms. The minimum Gasteiger partial charge on any atom is -0.489 e. The number of aromatic nitrogens is 1. The Bertz CT molecular complexity index is 871. The van der Waals surface area contributed by atoms with Crippen LogP contribution in [0.1, 0.15) is 29.2 Å². The Morgan fingerprint density at radius 2 is 1.75 bits per heavy atom. The molecule has 0 amide bonds. The smallest absolute Gasteiger partial charge is 0.124 e. The summed E-state index contributed by atoms with van der Waals surface area (Å²) in [6, 6.07) is 17.9. The Morgan fingerprint density at radius 3 is 2.54 bits per heavy atom. The highest BCUT2D eigenvalue weighted by Gasteiger charge is 2.07. The highest BCUT2D eigenvalue weighted by molar-refractivity contribution is 6.30. The molecule has 3 rings (SSSR count).